The Hall–Kier alpha value is 0.532. The molecule has 10 radical (unpaired) electrons. The fourth-order valence-electron chi connectivity index (χ4n) is 0.642. The largest absolute Gasteiger partial charge is 3.00 e. The third kappa shape index (κ3) is 8.63. The summed E-state index contributed by atoms with van der Waals surface area (Å²) in [5.74, 6) is 0. The van der Waals surface area contributed by atoms with Gasteiger partial charge in [0.15, 0.2) is 0 Å². The van der Waals surface area contributed by atoms with Crippen LogP contribution in [0.25, 0.3) is 0 Å². The summed E-state index contributed by atoms with van der Waals surface area (Å²) in [4.78, 5) is 0. The van der Waals surface area contributed by atoms with Crippen LogP contribution in [0.2, 0.25) is 0 Å². The first kappa shape index (κ1) is 15.0. The van der Waals surface area contributed by atoms with Crippen LogP contribution in [0.1, 0.15) is 0 Å². The number of hydrogen-bond donors (Lipinski definition) is 0. The minimum atomic E-state index is 0. The van der Waals surface area contributed by atoms with Gasteiger partial charge in [0.1, 0.15) is 0 Å². The van der Waals surface area contributed by atoms with Gasteiger partial charge in [0.25, 0.3) is 0 Å². The quantitative estimate of drug-likeness (QED) is 0.388. The summed E-state index contributed by atoms with van der Waals surface area (Å²) in [6, 6.07) is 0. The summed E-state index contributed by atoms with van der Waals surface area (Å²) in [5, 5.41) is 0. The van der Waals surface area contributed by atoms with Crippen molar-refractivity contribution in [3.05, 3.63) is 71.6 Å². The van der Waals surface area contributed by atoms with Crippen molar-refractivity contribution >= 4 is 17.4 Å². The van der Waals surface area contributed by atoms with Crippen molar-refractivity contribution in [2.24, 2.45) is 0 Å². The minimum absolute atomic E-state index is 0. The Bertz CT molecular complexity index is 38.2. The summed E-state index contributed by atoms with van der Waals surface area (Å²) in [7, 11) is 0. The molecule has 0 amide bonds. The minimum Gasteiger partial charge on any atom is -0.358 e. The van der Waals surface area contributed by atoms with E-state index >= 15 is 0 Å². The fraction of sp³-hybridized carbons (Fsp3) is 0. The van der Waals surface area contributed by atoms with E-state index in [1.807, 2.05) is 64.2 Å². The molecule has 2 aliphatic rings. The van der Waals surface area contributed by atoms with Gasteiger partial charge in [-0.2, -0.15) is 0 Å². The van der Waals surface area contributed by atoms with Gasteiger partial charge < -0.3 is 7.43 Å². The Labute approximate surface area is 89.3 Å². The van der Waals surface area contributed by atoms with Gasteiger partial charge in [-0.15, -0.1) is 0 Å². The van der Waals surface area contributed by atoms with Crippen LogP contribution >= 0.6 is 0 Å². The van der Waals surface area contributed by atoms with Crippen LogP contribution in [0.15, 0.2) is 0 Å². The van der Waals surface area contributed by atoms with E-state index in [1.165, 1.54) is 0 Å². The predicted octanol–water partition coefficient (Wildman–Crippen LogP) is 2.11. The molecule has 0 nitrogen and oxygen atoms in total. The SMILES string of the molecule is [Al+3].[CH3-].[CH]1[CH][CH][CH][CH]1.[CH]1[CH][CH][CH][CH]1. The Morgan fingerprint density at radius 1 is 0.333 bits per heavy atom. The van der Waals surface area contributed by atoms with E-state index < -0.39 is 0 Å². The van der Waals surface area contributed by atoms with Gasteiger partial charge in [-0.3, -0.25) is 0 Å². The van der Waals surface area contributed by atoms with Gasteiger partial charge in [-0.25, -0.2) is 0 Å². The molecule has 0 saturated heterocycles. The molecule has 0 unspecified atom stereocenters. The molecular weight excluding hydrogens is 159 g/mol. The second kappa shape index (κ2) is 11.5. The Morgan fingerprint density at radius 3 is 0.500 bits per heavy atom. The van der Waals surface area contributed by atoms with Crippen LogP contribution < -0.4 is 0 Å². The van der Waals surface area contributed by atoms with E-state index in [1.54, 1.807) is 0 Å². The fourth-order valence-corrected chi connectivity index (χ4v) is 0.642. The third-order valence-corrected chi connectivity index (χ3v) is 1.11. The molecule has 2 saturated carbocycles. The standard InChI is InChI=1S/2C5H5.CH3.Al/c2*1-2-4-5-3-1;;/h2*1-5H;1H3;/q;;-1;+3. The molecular formula is C11H13Al+2. The van der Waals surface area contributed by atoms with Gasteiger partial charge in [0.05, 0.1) is 0 Å². The third-order valence-electron chi connectivity index (χ3n) is 1.11. The van der Waals surface area contributed by atoms with Crippen molar-refractivity contribution in [3.63, 3.8) is 0 Å². The van der Waals surface area contributed by atoms with Gasteiger partial charge in [0, 0.05) is 0 Å². The second-order valence-corrected chi connectivity index (χ2v) is 1.92. The van der Waals surface area contributed by atoms with E-state index in [4.69, 9.17) is 0 Å². The molecule has 0 aromatic carbocycles. The van der Waals surface area contributed by atoms with E-state index in [0.29, 0.717) is 0 Å². The molecule has 0 atom stereocenters. The summed E-state index contributed by atoms with van der Waals surface area (Å²) in [5.41, 5.74) is 0. The molecule has 0 aromatic heterocycles. The first-order valence-corrected chi connectivity index (χ1v) is 3.33. The molecule has 0 aliphatic heterocycles. The molecule has 0 spiro atoms. The van der Waals surface area contributed by atoms with Crippen LogP contribution in [0.4, 0.5) is 0 Å². The summed E-state index contributed by atoms with van der Waals surface area (Å²) >= 11 is 0. The van der Waals surface area contributed by atoms with Crippen LogP contribution in [0.3, 0.4) is 0 Å². The zero-order chi connectivity index (χ0) is 7.07. The topological polar surface area (TPSA) is 0 Å². The maximum atomic E-state index is 2.00. The van der Waals surface area contributed by atoms with Crippen molar-refractivity contribution in [1.82, 2.24) is 0 Å². The van der Waals surface area contributed by atoms with Crippen molar-refractivity contribution in [3.8, 4) is 0 Å². The van der Waals surface area contributed by atoms with Crippen molar-refractivity contribution < 1.29 is 0 Å². The van der Waals surface area contributed by atoms with E-state index in [9.17, 15) is 0 Å². The Morgan fingerprint density at radius 2 is 0.417 bits per heavy atom. The first-order valence-electron chi connectivity index (χ1n) is 3.33. The zero-order valence-electron chi connectivity index (χ0n) is 7.35. The van der Waals surface area contributed by atoms with Gasteiger partial charge in [-0.05, 0) is 64.2 Å². The van der Waals surface area contributed by atoms with E-state index in [2.05, 4.69) is 0 Å². The average Bonchev–Trinajstić information content (AvgIpc) is 2.67. The Balaban J connectivity index is 0. The zero-order valence-corrected chi connectivity index (χ0v) is 8.51. The average molecular weight is 172 g/mol. The summed E-state index contributed by atoms with van der Waals surface area (Å²) in [6.07, 6.45) is 20.0. The number of rotatable bonds is 0. The van der Waals surface area contributed by atoms with Crippen LogP contribution in [0, 0.1) is 71.6 Å². The second-order valence-electron chi connectivity index (χ2n) is 1.92. The molecule has 1 heteroatoms. The summed E-state index contributed by atoms with van der Waals surface area (Å²) in [6.45, 7) is 0. The normalized spacial score (nSPS) is 20.0. The number of hydrogen-bond acceptors (Lipinski definition) is 0. The van der Waals surface area contributed by atoms with Gasteiger partial charge in [0.2, 0.25) is 0 Å². The van der Waals surface area contributed by atoms with Crippen LogP contribution in [-0.2, 0) is 0 Å². The molecule has 0 heterocycles. The van der Waals surface area contributed by atoms with Crippen molar-refractivity contribution in [2.75, 3.05) is 0 Å². The van der Waals surface area contributed by atoms with Crippen LogP contribution in [0.5, 0.6) is 0 Å². The molecule has 0 N–H and O–H groups in total. The van der Waals surface area contributed by atoms with Crippen molar-refractivity contribution in [2.45, 2.75) is 0 Å². The maximum absolute atomic E-state index is 2.00. The van der Waals surface area contributed by atoms with Gasteiger partial charge >= 0.3 is 17.4 Å². The summed E-state index contributed by atoms with van der Waals surface area (Å²) < 4.78 is 0. The molecule has 2 fully saturated rings. The van der Waals surface area contributed by atoms with E-state index in [0.717, 1.165) is 0 Å². The maximum Gasteiger partial charge on any atom is 3.00 e. The van der Waals surface area contributed by atoms with E-state index in [-0.39, 0.29) is 24.8 Å². The molecule has 0 aromatic rings. The molecule has 0 bridgehead atoms. The van der Waals surface area contributed by atoms with Crippen LogP contribution in [-0.4, -0.2) is 17.4 Å². The predicted molar refractivity (Wildman–Crippen MR) is 55.2 cm³/mol. The smallest absolute Gasteiger partial charge is 0.358 e. The molecule has 2 aliphatic carbocycles. The monoisotopic (exact) mass is 172 g/mol. The Kier molecular flexibility index (Phi) is 14.4. The molecule has 2 rings (SSSR count). The van der Waals surface area contributed by atoms with Crippen molar-refractivity contribution in [1.29, 1.82) is 0 Å². The molecule has 12 heavy (non-hydrogen) atoms. The first-order chi connectivity index (χ1) is 5.00. The molecule has 58 valence electrons. The van der Waals surface area contributed by atoms with Gasteiger partial charge in [-0.1, -0.05) is 0 Å².